The number of pyridine rings is 1. The fourth-order valence-electron chi connectivity index (χ4n) is 3.09. The van der Waals surface area contributed by atoms with Crippen LogP contribution in [0.4, 0.5) is 13.2 Å². The summed E-state index contributed by atoms with van der Waals surface area (Å²) in [4.78, 5) is 17.9. The Balaban J connectivity index is 1.71. The van der Waals surface area contributed by atoms with Gasteiger partial charge in [0.15, 0.2) is 0 Å². The number of aromatic nitrogens is 3. The largest absolute Gasteiger partial charge is 0.396 e. The Hall–Kier alpha value is -2.42. The maximum atomic E-state index is 13.0. The number of rotatable bonds is 3. The number of aliphatic hydroxyl groups is 1. The maximum Gasteiger partial charge on any atom is 0.392 e. The summed E-state index contributed by atoms with van der Waals surface area (Å²) < 4.78 is 38.9. The van der Waals surface area contributed by atoms with Gasteiger partial charge in [0.25, 0.3) is 5.91 Å². The van der Waals surface area contributed by atoms with Gasteiger partial charge in [-0.2, -0.15) is 18.3 Å². The van der Waals surface area contributed by atoms with Gasteiger partial charge in [-0.15, -0.1) is 0 Å². The second-order valence-corrected chi connectivity index (χ2v) is 6.05. The first kappa shape index (κ1) is 17.4. The highest BCUT2D eigenvalue weighted by Crippen LogP contribution is 2.38. The summed E-state index contributed by atoms with van der Waals surface area (Å²) in [5.74, 6) is -3.03. The average Bonchev–Trinajstić information content (AvgIpc) is 3.14. The predicted molar refractivity (Wildman–Crippen MR) is 82.5 cm³/mol. The van der Waals surface area contributed by atoms with Crippen molar-refractivity contribution in [1.82, 2.24) is 20.1 Å². The van der Waals surface area contributed by atoms with Crippen molar-refractivity contribution >= 4 is 5.91 Å². The van der Waals surface area contributed by atoms with E-state index < -0.39 is 30.5 Å². The average molecular weight is 354 g/mol. The number of alkyl halides is 3. The molecular weight excluding hydrogens is 337 g/mol. The number of likely N-dealkylation sites (tertiary alicyclic amines) is 1. The minimum Gasteiger partial charge on any atom is -0.396 e. The molecule has 1 saturated heterocycles. The number of halogens is 3. The molecule has 0 radical (unpaired) electrons. The van der Waals surface area contributed by atoms with Crippen molar-refractivity contribution in [3.8, 4) is 11.1 Å². The second-order valence-electron chi connectivity index (χ2n) is 6.05. The molecule has 0 saturated carbocycles. The van der Waals surface area contributed by atoms with E-state index in [4.69, 9.17) is 0 Å². The van der Waals surface area contributed by atoms with E-state index in [0.29, 0.717) is 0 Å². The highest BCUT2D eigenvalue weighted by atomic mass is 19.4. The van der Waals surface area contributed by atoms with Gasteiger partial charge >= 0.3 is 6.18 Å². The van der Waals surface area contributed by atoms with Crippen LogP contribution >= 0.6 is 0 Å². The summed E-state index contributed by atoms with van der Waals surface area (Å²) in [7, 11) is 0. The molecule has 1 fully saturated rings. The molecule has 0 bridgehead atoms. The number of nitrogens with one attached hydrogen (secondary N) is 1. The molecule has 9 heteroatoms. The third-order valence-corrected chi connectivity index (χ3v) is 4.49. The van der Waals surface area contributed by atoms with E-state index in [2.05, 4.69) is 15.2 Å². The van der Waals surface area contributed by atoms with Crippen LogP contribution in [0.1, 0.15) is 16.9 Å². The lowest BCUT2D eigenvalue weighted by atomic mass is 9.85. The number of nitrogens with zero attached hydrogens (tertiary/aromatic N) is 3. The number of piperidine rings is 1. The minimum atomic E-state index is -4.37. The fourth-order valence-corrected chi connectivity index (χ4v) is 3.09. The summed E-state index contributed by atoms with van der Waals surface area (Å²) in [5.41, 5.74) is 1.75. The van der Waals surface area contributed by atoms with Gasteiger partial charge in [0.05, 0.1) is 12.1 Å². The first-order chi connectivity index (χ1) is 11.9. The van der Waals surface area contributed by atoms with Gasteiger partial charge in [0.2, 0.25) is 0 Å². The van der Waals surface area contributed by atoms with E-state index in [1.807, 2.05) is 0 Å². The number of carbonyl (C=O) groups is 1. The van der Waals surface area contributed by atoms with Crippen molar-refractivity contribution in [2.45, 2.75) is 12.6 Å². The molecule has 2 N–H and O–H groups in total. The number of carbonyl (C=O) groups excluding carboxylic acids is 1. The van der Waals surface area contributed by atoms with Crippen LogP contribution in [0.25, 0.3) is 11.1 Å². The molecule has 2 aromatic heterocycles. The molecule has 0 aromatic carbocycles. The second kappa shape index (κ2) is 6.83. The molecule has 2 atom stereocenters. The topological polar surface area (TPSA) is 82.1 Å². The molecule has 1 amide bonds. The summed E-state index contributed by atoms with van der Waals surface area (Å²) in [6.45, 7) is -0.754. The summed E-state index contributed by atoms with van der Waals surface area (Å²) in [5, 5.41) is 15.8. The molecule has 1 aliphatic heterocycles. The summed E-state index contributed by atoms with van der Waals surface area (Å²) in [6, 6.07) is 3.24. The van der Waals surface area contributed by atoms with E-state index >= 15 is 0 Å². The van der Waals surface area contributed by atoms with Gasteiger partial charge in [0, 0.05) is 49.1 Å². The molecule has 3 rings (SSSR count). The third kappa shape index (κ3) is 3.65. The Morgan fingerprint density at radius 3 is 2.68 bits per heavy atom. The molecular formula is C16H17F3N4O2. The van der Waals surface area contributed by atoms with Crippen molar-refractivity contribution in [1.29, 1.82) is 0 Å². The van der Waals surface area contributed by atoms with Crippen LogP contribution in [0.3, 0.4) is 0 Å². The zero-order valence-corrected chi connectivity index (χ0v) is 13.2. The Bertz CT molecular complexity index is 716. The van der Waals surface area contributed by atoms with E-state index in [9.17, 15) is 23.1 Å². The molecule has 25 heavy (non-hydrogen) atoms. The van der Waals surface area contributed by atoms with Crippen LogP contribution in [0.5, 0.6) is 0 Å². The number of hydrogen-bond donors (Lipinski definition) is 2. The van der Waals surface area contributed by atoms with Gasteiger partial charge in [-0.05, 0) is 12.5 Å². The summed E-state index contributed by atoms with van der Waals surface area (Å²) in [6.07, 6.45) is 0.239. The SMILES string of the molecule is O=C(c1ccc(-c2cn[nH]c2)cn1)N1CCC(C(F)(F)F)C(CO)C1. The van der Waals surface area contributed by atoms with Gasteiger partial charge in [-0.1, -0.05) is 6.07 Å². The molecule has 6 nitrogen and oxygen atoms in total. The van der Waals surface area contributed by atoms with E-state index in [0.717, 1.165) is 11.1 Å². The van der Waals surface area contributed by atoms with Crippen molar-refractivity contribution in [2.75, 3.05) is 19.7 Å². The highest BCUT2D eigenvalue weighted by molar-refractivity contribution is 5.92. The van der Waals surface area contributed by atoms with Crippen LogP contribution in [-0.2, 0) is 0 Å². The van der Waals surface area contributed by atoms with Crippen LogP contribution in [0.15, 0.2) is 30.7 Å². The number of aliphatic hydroxyl groups excluding tert-OH is 1. The molecule has 2 unspecified atom stereocenters. The summed E-state index contributed by atoms with van der Waals surface area (Å²) >= 11 is 0. The predicted octanol–water partition coefficient (Wildman–Crippen LogP) is 2.10. The van der Waals surface area contributed by atoms with Crippen molar-refractivity contribution in [2.24, 2.45) is 11.8 Å². The minimum absolute atomic E-state index is 0.00925. The normalized spacial score (nSPS) is 21.4. The highest BCUT2D eigenvalue weighted by Gasteiger charge is 2.47. The van der Waals surface area contributed by atoms with Crippen molar-refractivity contribution < 1.29 is 23.1 Å². The van der Waals surface area contributed by atoms with E-state index in [1.165, 1.54) is 17.2 Å². The first-order valence-corrected chi connectivity index (χ1v) is 7.82. The molecule has 3 heterocycles. The van der Waals surface area contributed by atoms with Crippen LogP contribution < -0.4 is 0 Å². The monoisotopic (exact) mass is 354 g/mol. The Labute approximate surface area is 141 Å². The van der Waals surface area contributed by atoms with Crippen molar-refractivity contribution in [3.05, 3.63) is 36.4 Å². The molecule has 1 aliphatic rings. The molecule has 2 aromatic rings. The first-order valence-electron chi connectivity index (χ1n) is 7.82. The fraction of sp³-hybridized carbons (Fsp3) is 0.438. The zero-order valence-electron chi connectivity index (χ0n) is 13.2. The van der Waals surface area contributed by atoms with Gasteiger partial charge in [-0.25, -0.2) is 0 Å². The van der Waals surface area contributed by atoms with Crippen molar-refractivity contribution in [3.63, 3.8) is 0 Å². The van der Waals surface area contributed by atoms with Crippen LogP contribution in [0, 0.1) is 11.8 Å². The van der Waals surface area contributed by atoms with Crippen LogP contribution in [-0.4, -0.2) is 57.0 Å². The maximum absolute atomic E-state index is 13.0. The molecule has 0 spiro atoms. The lowest BCUT2D eigenvalue weighted by Crippen LogP contribution is -2.49. The standard InChI is InChI=1S/C16H17F3N4O2/c17-16(18,19)13-3-4-23(8-12(13)9-24)15(25)14-2-1-10(5-20-14)11-6-21-22-7-11/h1-2,5-7,12-13,24H,3-4,8-9H2,(H,21,22). The quantitative estimate of drug-likeness (QED) is 0.884. The number of amides is 1. The Morgan fingerprint density at radius 2 is 2.12 bits per heavy atom. The van der Waals surface area contributed by atoms with Crippen LogP contribution in [0.2, 0.25) is 0 Å². The smallest absolute Gasteiger partial charge is 0.392 e. The number of aromatic amines is 1. The van der Waals surface area contributed by atoms with E-state index in [1.54, 1.807) is 18.5 Å². The Morgan fingerprint density at radius 1 is 1.32 bits per heavy atom. The lowest BCUT2D eigenvalue weighted by molar-refractivity contribution is -0.202. The molecule has 134 valence electrons. The van der Waals surface area contributed by atoms with Gasteiger partial charge in [-0.3, -0.25) is 14.9 Å². The van der Waals surface area contributed by atoms with Gasteiger partial charge in [0.1, 0.15) is 5.69 Å². The Kier molecular flexibility index (Phi) is 4.76. The lowest BCUT2D eigenvalue weighted by Gasteiger charge is -2.38. The number of H-pyrrole nitrogens is 1. The third-order valence-electron chi connectivity index (χ3n) is 4.49. The van der Waals surface area contributed by atoms with Gasteiger partial charge < -0.3 is 10.0 Å². The zero-order chi connectivity index (χ0) is 18.0. The molecule has 0 aliphatic carbocycles. The van der Waals surface area contributed by atoms with E-state index in [-0.39, 0.29) is 25.2 Å². The number of hydrogen-bond acceptors (Lipinski definition) is 4.